The largest absolute Gasteiger partial charge is 0.360 e. The second-order valence-electron chi connectivity index (χ2n) is 2.33. The highest BCUT2D eigenvalue weighted by Gasteiger charge is 1.99. The number of hydrogen-bond acceptors (Lipinski definition) is 0. The number of hydrogen-bond donors (Lipinski definition) is 1. The Morgan fingerprint density at radius 1 is 1.18 bits per heavy atom. The third kappa shape index (κ3) is 1.40. The van der Waals surface area contributed by atoms with E-state index < -0.39 is 0 Å². The van der Waals surface area contributed by atoms with Crippen molar-refractivity contribution in [3.63, 3.8) is 0 Å². The van der Waals surface area contributed by atoms with E-state index in [1.165, 1.54) is 18.0 Å². The van der Waals surface area contributed by atoms with Crippen LogP contribution in [0.5, 0.6) is 0 Å². The molecule has 0 amide bonds. The Kier molecular flexibility index (Phi) is 2.09. The quantitative estimate of drug-likeness (QED) is 0.686. The summed E-state index contributed by atoms with van der Waals surface area (Å²) < 4.78 is 2.57. The smallest absolute Gasteiger partial charge is 0.0465 e. The predicted octanol–water partition coefficient (Wildman–Crippen LogP) is 3.38. The summed E-state index contributed by atoms with van der Waals surface area (Å²) in [6.07, 6.45) is 2.03. The van der Waals surface area contributed by atoms with Crippen molar-refractivity contribution in [2.24, 2.45) is 0 Å². The van der Waals surface area contributed by atoms with E-state index in [-0.39, 0.29) is 0 Å². The van der Waals surface area contributed by atoms with Gasteiger partial charge in [-0.15, -0.1) is 0 Å². The average molecular weight is 369 g/mol. The van der Waals surface area contributed by atoms with Crippen LogP contribution in [0, 0.1) is 7.14 Å². The Morgan fingerprint density at radius 2 is 2.00 bits per heavy atom. The molecule has 0 unspecified atom stereocenters. The third-order valence-electron chi connectivity index (χ3n) is 1.59. The van der Waals surface area contributed by atoms with Crippen molar-refractivity contribution < 1.29 is 0 Å². The molecule has 56 valence electrons. The van der Waals surface area contributed by atoms with Gasteiger partial charge in [0.05, 0.1) is 0 Å². The molecule has 0 saturated carbocycles. The first kappa shape index (κ1) is 7.85. The van der Waals surface area contributed by atoms with Gasteiger partial charge in [-0.1, -0.05) is 0 Å². The van der Waals surface area contributed by atoms with E-state index in [1.54, 1.807) is 0 Å². The van der Waals surface area contributed by atoms with Crippen LogP contribution in [0.25, 0.3) is 10.9 Å². The van der Waals surface area contributed by atoms with Gasteiger partial charge in [-0.3, -0.25) is 0 Å². The second kappa shape index (κ2) is 2.93. The van der Waals surface area contributed by atoms with Crippen LogP contribution in [0.3, 0.4) is 0 Å². The molecule has 0 fully saturated rings. The maximum absolute atomic E-state index is 3.20. The summed E-state index contributed by atoms with van der Waals surface area (Å²) in [7, 11) is 0. The fraction of sp³-hybridized carbons (Fsp3) is 0. The van der Waals surface area contributed by atoms with Gasteiger partial charge in [0, 0.05) is 24.2 Å². The monoisotopic (exact) mass is 369 g/mol. The van der Waals surface area contributed by atoms with Crippen molar-refractivity contribution in [2.45, 2.75) is 0 Å². The zero-order valence-corrected chi connectivity index (χ0v) is 9.88. The highest BCUT2D eigenvalue weighted by Crippen LogP contribution is 2.21. The van der Waals surface area contributed by atoms with E-state index in [2.05, 4.69) is 68.4 Å². The molecule has 0 atom stereocenters. The number of nitrogens with one attached hydrogen (secondary N) is 1. The summed E-state index contributed by atoms with van der Waals surface area (Å²) in [4.78, 5) is 3.20. The molecule has 0 aliphatic rings. The molecular formula is C8H5I2N. The molecule has 0 radical (unpaired) electrons. The van der Waals surface area contributed by atoms with Crippen LogP contribution in [0.2, 0.25) is 0 Å². The molecule has 1 heterocycles. The Morgan fingerprint density at radius 3 is 2.82 bits per heavy atom. The maximum atomic E-state index is 3.20. The van der Waals surface area contributed by atoms with Gasteiger partial charge in [0.2, 0.25) is 0 Å². The summed E-state index contributed by atoms with van der Waals surface area (Å²) in [6.45, 7) is 0. The van der Waals surface area contributed by atoms with Crippen LogP contribution in [0.4, 0.5) is 0 Å². The van der Waals surface area contributed by atoms with Gasteiger partial charge in [-0.25, -0.2) is 0 Å². The van der Waals surface area contributed by atoms with Gasteiger partial charge in [0.25, 0.3) is 0 Å². The molecule has 0 saturated heterocycles. The Hall–Kier alpha value is 0.220. The van der Waals surface area contributed by atoms with Crippen molar-refractivity contribution >= 4 is 56.1 Å². The highest BCUT2D eigenvalue weighted by atomic mass is 127. The zero-order valence-electron chi connectivity index (χ0n) is 5.57. The van der Waals surface area contributed by atoms with Gasteiger partial charge in [-0.2, -0.15) is 0 Å². The van der Waals surface area contributed by atoms with E-state index in [0.717, 1.165) is 0 Å². The molecule has 0 bridgehead atoms. The SMILES string of the molecule is Ic1ccc2[nH]cc(I)c2c1. The maximum Gasteiger partial charge on any atom is 0.0465 e. The third-order valence-corrected chi connectivity index (χ3v) is 3.16. The molecule has 0 spiro atoms. The highest BCUT2D eigenvalue weighted by molar-refractivity contribution is 14.1. The normalized spacial score (nSPS) is 10.7. The average Bonchev–Trinajstić information content (AvgIpc) is 2.33. The lowest BCUT2D eigenvalue weighted by atomic mass is 10.3. The van der Waals surface area contributed by atoms with Gasteiger partial charge in [-0.05, 0) is 63.4 Å². The van der Waals surface area contributed by atoms with Gasteiger partial charge in [0.1, 0.15) is 0 Å². The molecular weight excluding hydrogens is 364 g/mol. The number of aromatic nitrogens is 1. The van der Waals surface area contributed by atoms with Crippen LogP contribution >= 0.6 is 45.2 Å². The number of fused-ring (bicyclic) bond motifs is 1. The molecule has 2 aromatic rings. The van der Waals surface area contributed by atoms with E-state index in [4.69, 9.17) is 0 Å². The summed E-state index contributed by atoms with van der Waals surface area (Å²) >= 11 is 4.66. The molecule has 11 heavy (non-hydrogen) atoms. The number of halogens is 2. The molecule has 1 nitrogen and oxygen atoms in total. The van der Waals surface area contributed by atoms with E-state index >= 15 is 0 Å². The summed E-state index contributed by atoms with van der Waals surface area (Å²) in [5, 5.41) is 1.32. The molecule has 1 aromatic heterocycles. The van der Waals surface area contributed by atoms with Gasteiger partial charge >= 0.3 is 0 Å². The van der Waals surface area contributed by atoms with Crippen LogP contribution in [0.15, 0.2) is 24.4 Å². The van der Waals surface area contributed by atoms with Gasteiger partial charge < -0.3 is 4.98 Å². The van der Waals surface area contributed by atoms with Crippen LogP contribution in [-0.4, -0.2) is 4.98 Å². The molecule has 3 heteroatoms. The number of rotatable bonds is 0. The van der Waals surface area contributed by atoms with E-state index in [9.17, 15) is 0 Å². The molecule has 1 aromatic carbocycles. The predicted molar refractivity (Wildman–Crippen MR) is 63.7 cm³/mol. The topological polar surface area (TPSA) is 15.8 Å². The summed E-state index contributed by atoms with van der Waals surface area (Å²) in [5.74, 6) is 0. The Balaban J connectivity index is 2.87. The lowest BCUT2D eigenvalue weighted by Crippen LogP contribution is -1.71. The fourth-order valence-electron chi connectivity index (χ4n) is 1.06. The van der Waals surface area contributed by atoms with Crippen molar-refractivity contribution in [2.75, 3.05) is 0 Å². The molecule has 0 aliphatic carbocycles. The fourth-order valence-corrected chi connectivity index (χ4v) is 2.15. The first-order valence-corrected chi connectivity index (χ1v) is 5.35. The van der Waals surface area contributed by atoms with Crippen molar-refractivity contribution in [1.29, 1.82) is 0 Å². The molecule has 2 rings (SSSR count). The minimum absolute atomic E-state index is 1.22. The van der Waals surface area contributed by atoms with E-state index in [0.29, 0.717) is 0 Å². The minimum atomic E-state index is 1.22. The van der Waals surface area contributed by atoms with Gasteiger partial charge in [0.15, 0.2) is 0 Å². The lowest BCUT2D eigenvalue weighted by molar-refractivity contribution is 1.46. The first-order chi connectivity index (χ1) is 5.27. The van der Waals surface area contributed by atoms with Crippen molar-refractivity contribution in [3.05, 3.63) is 31.5 Å². The number of aromatic amines is 1. The zero-order chi connectivity index (χ0) is 7.84. The summed E-state index contributed by atoms with van der Waals surface area (Å²) in [6, 6.07) is 6.41. The molecule has 1 N–H and O–H groups in total. The molecule has 0 aliphatic heterocycles. The van der Waals surface area contributed by atoms with Crippen molar-refractivity contribution in [3.8, 4) is 0 Å². The lowest BCUT2D eigenvalue weighted by Gasteiger charge is -1.90. The second-order valence-corrected chi connectivity index (χ2v) is 4.73. The summed E-state index contributed by atoms with van der Waals surface area (Å²) in [5.41, 5.74) is 1.22. The first-order valence-electron chi connectivity index (χ1n) is 3.19. The standard InChI is InChI=1S/C8H5I2N/c9-5-1-2-8-6(3-5)7(10)4-11-8/h1-4,11H. The number of benzene rings is 1. The Bertz CT molecular complexity index is 392. The number of H-pyrrole nitrogens is 1. The minimum Gasteiger partial charge on any atom is -0.360 e. The van der Waals surface area contributed by atoms with E-state index in [1.807, 2.05) is 6.20 Å². The van der Waals surface area contributed by atoms with Crippen LogP contribution in [0.1, 0.15) is 0 Å². The Labute approximate surface area is 91.8 Å². The van der Waals surface area contributed by atoms with Crippen LogP contribution in [-0.2, 0) is 0 Å². The van der Waals surface area contributed by atoms with Crippen LogP contribution < -0.4 is 0 Å². The van der Waals surface area contributed by atoms with Crippen molar-refractivity contribution in [1.82, 2.24) is 4.98 Å².